The fourth-order valence-corrected chi connectivity index (χ4v) is 4.49. The van der Waals surface area contributed by atoms with Crippen LogP contribution in [0.5, 0.6) is 0 Å². The Labute approximate surface area is 206 Å². The van der Waals surface area contributed by atoms with Crippen LogP contribution in [-0.4, -0.2) is 51.2 Å². The molecule has 4 rings (SSSR count). The third-order valence-electron chi connectivity index (χ3n) is 6.51. The summed E-state index contributed by atoms with van der Waals surface area (Å²) in [6.07, 6.45) is 1.39. The van der Waals surface area contributed by atoms with Gasteiger partial charge in [0.25, 0.3) is 5.91 Å². The van der Waals surface area contributed by atoms with Crippen LogP contribution in [0.3, 0.4) is 0 Å². The van der Waals surface area contributed by atoms with E-state index in [-0.39, 0.29) is 18.2 Å². The van der Waals surface area contributed by atoms with Gasteiger partial charge in [-0.15, -0.1) is 0 Å². The van der Waals surface area contributed by atoms with E-state index in [0.29, 0.717) is 23.1 Å². The van der Waals surface area contributed by atoms with Crippen LogP contribution in [0, 0.1) is 17.8 Å². The van der Waals surface area contributed by atoms with Gasteiger partial charge in [0.2, 0.25) is 11.8 Å². The van der Waals surface area contributed by atoms with Gasteiger partial charge in [0.15, 0.2) is 0 Å². The first-order valence-corrected chi connectivity index (χ1v) is 12.0. The SMILES string of the molecule is Cn1nccc1C(=O)N[C@H](C(=O)Nc1cc(CC(=O)NCCC(F)(F)F)ccn1)C(C1CC1)C1CC1. The Balaban J connectivity index is 1.42. The smallest absolute Gasteiger partial charge is 0.355 e. The first kappa shape index (κ1) is 25.6. The lowest BCUT2D eigenvalue weighted by Gasteiger charge is -2.27. The van der Waals surface area contributed by atoms with Crippen LogP contribution >= 0.6 is 0 Å². The van der Waals surface area contributed by atoms with Crippen molar-refractivity contribution in [1.29, 1.82) is 0 Å². The largest absolute Gasteiger partial charge is 0.390 e. The molecular weight excluding hydrogens is 477 g/mol. The number of nitrogens with zero attached hydrogens (tertiary/aromatic N) is 3. The number of halogens is 3. The maximum Gasteiger partial charge on any atom is 0.390 e. The van der Waals surface area contributed by atoms with Gasteiger partial charge in [0, 0.05) is 26.0 Å². The highest BCUT2D eigenvalue weighted by molar-refractivity contribution is 6.00. The number of anilines is 1. The zero-order valence-electron chi connectivity index (χ0n) is 19.8. The van der Waals surface area contributed by atoms with E-state index in [1.807, 2.05) is 0 Å². The Kier molecular flexibility index (Phi) is 7.60. The summed E-state index contributed by atoms with van der Waals surface area (Å²) in [5.74, 6) is -0.381. The normalized spacial score (nSPS) is 16.5. The predicted molar refractivity (Wildman–Crippen MR) is 124 cm³/mol. The van der Waals surface area contributed by atoms with E-state index in [0.717, 1.165) is 25.7 Å². The minimum atomic E-state index is -4.34. The molecule has 194 valence electrons. The lowest BCUT2D eigenvalue weighted by atomic mass is 9.88. The molecule has 2 fully saturated rings. The number of aromatic nitrogens is 3. The summed E-state index contributed by atoms with van der Waals surface area (Å²) in [6, 6.07) is 3.88. The van der Waals surface area contributed by atoms with Gasteiger partial charge in [-0.2, -0.15) is 18.3 Å². The second-order valence-corrected chi connectivity index (χ2v) is 9.47. The maximum atomic E-state index is 13.4. The van der Waals surface area contributed by atoms with Crippen molar-refractivity contribution in [3.8, 4) is 0 Å². The fraction of sp³-hybridized carbons (Fsp3) is 0.542. The topological polar surface area (TPSA) is 118 Å². The van der Waals surface area contributed by atoms with Gasteiger partial charge >= 0.3 is 6.18 Å². The second-order valence-electron chi connectivity index (χ2n) is 9.47. The monoisotopic (exact) mass is 506 g/mol. The Morgan fingerprint density at radius 1 is 1.11 bits per heavy atom. The van der Waals surface area contributed by atoms with Crippen LogP contribution in [0.4, 0.5) is 19.0 Å². The van der Waals surface area contributed by atoms with Gasteiger partial charge in [-0.25, -0.2) is 4.98 Å². The van der Waals surface area contributed by atoms with Crippen LogP contribution in [0.15, 0.2) is 30.6 Å². The lowest BCUT2D eigenvalue weighted by molar-refractivity contribution is -0.135. The molecule has 0 aliphatic heterocycles. The van der Waals surface area contributed by atoms with Crippen molar-refractivity contribution < 1.29 is 27.6 Å². The van der Waals surface area contributed by atoms with Gasteiger partial charge in [-0.3, -0.25) is 19.1 Å². The van der Waals surface area contributed by atoms with Gasteiger partial charge in [0.1, 0.15) is 17.6 Å². The minimum Gasteiger partial charge on any atom is -0.355 e. The van der Waals surface area contributed by atoms with E-state index in [4.69, 9.17) is 0 Å². The molecule has 0 unspecified atom stereocenters. The van der Waals surface area contributed by atoms with Crippen molar-refractivity contribution in [3.63, 3.8) is 0 Å². The van der Waals surface area contributed by atoms with Gasteiger partial charge in [-0.05, 0) is 67.2 Å². The number of hydrogen-bond donors (Lipinski definition) is 3. The summed E-state index contributed by atoms with van der Waals surface area (Å²) in [6.45, 7) is -0.501. The lowest BCUT2D eigenvalue weighted by Crippen LogP contribution is -2.50. The average Bonchev–Trinajstić information content (AvgIpc) is 3.73. The molecule has 2 saturated carbocycles. The number of rotatable bonds is 11. The molecule has 1 atom stereocenters. The fourth-order valence-electron chi connectivity index (χ4n) is 4.49. The molecule has 2 aliphatic carbocycles. The molecule has 0 aromatic carbocycles. The number of nitrogens with one attached hydrogen (secondary N) is 3. The Bertz CT molecular complexity index is 1100. The number of carbonyl (C=O) groups excluding carboxylic acids is 3. The van der Waals surface area contributed by atoms with Crippen molar-refractivity contribution in [2.45, 2.75) is 50.7 Å². The van der Waals surface area contributed by atoms with Crippen molar-refractivity contribution in [2.24, 2.45) is 24.8 Å². The molecule has 2 aromatic heterocycles. The molecule has 3 N–H and O–H groups in total. The highest BCUT2D eigenvalue weighted by Gasteiger charge is 2.48. The molecular formula is C24H29F3N6O3. The highest BCUT2D eigenvalue weighted by Crippen LogP contribution is 2.50. The molecule has 36 heavy (non-hydrogen) atoms. The number of carbonyl (C=O) groups is 3. The van der Waals surface area contributed by atoms with Crippen molar-refractivity contribution in [2.75, 3.05) is 11.9 Å². The van der Waals surface area contributed by atoms with Crippen LogP contribution in [-0.2, 0) is 23.1 Å². The summed E-state index contributed by atoms with van der Waals surface area (Å²) in [5, 5.41) is 11.9. The third kappa shape index (κ3) is 7.05. The Morgan fingerprint density at radius 2 is 1.81 bits per heavy atom. The number of pyridine rings is 1. The summed E-state index contributed by atoms with van der Waals surface area (Å²) in [7, 11) is 1.65. The van der Waals surface area contributed by atoms with Crippen LogP contribution in [0.1, 0.15) is 48.2 Å². The molecule has 0 bridgehead atoms. The molecule has 0 spiro atoms. The molecule has 0 radical (unpaired) electrons. The van der Waals surface area contributed by atoms with Crippen LogP contribution < -0.4 is 16.0 Å². The van der Waals surface area contributed by atoms with E-state index in [1.165, 1.54) is 23.1 Å². The van der Waals surface area contributed by atoms with E-state index in [9.17, 15) is 27.6 Å². The van der Waals surface area contributed by atoms with Gasteiger partial charge < -0.3 is 16.0 Å². The standard InChI is InChI=1S/C24H29F3N6O3/c1-33-17(7-10-30-33)22(35)32-21(20(15-2-3-15)16-4-5-16)23(36)31-18-12-14(6-9-28-18)13-19(34)29-11-8-24(25,26)27/h6-7,9-10,12,15-16,20-21H,2-5,8,11,13H2,1H3,(H,29,34)(H,32,35)(H,28,31,36)/t21-/m0/s1. The van der Waals surface area contributed by atoms with Crippen molar-refractivity contribution in [1.82, 2.24) is 25.4 Å². The summed E-state index contributed by atoms with van der Waals surface area (Å²) in [5.41, 5.74) is 0.830. The predicted octanol–water partition coefficient (Wildman–Crippen LogP) is 2.60. The minimum absolute atomic E-state index is 0.0183. The summed E-state index contributed by atoms with van der Waals surface area (Å²) < 4.78 is 38.3. The average molecular weight is 507 g/mol. The number of aryl methyl sites for hydroxylation is 1. The third-order valence-corrected chi connectivity index (χ3v) is 6.51. The molecule has 3 amide bonds. The number of amides is 3. The van der Waals surface area contributed by atoms with Crippen molar-refractivity contribution >= 4 is 23.5 Å². The van der Waals surface area contributed by atoms with Gasteiger partial charge in [0.05, 0.1) is 12.8 Å². The molecule has 2 aliphatic rings. The molecule has 2 heterocycles. The van der Waals surface area contributed by atoms with E-state index in [1.54, 1.807) is 19.2 Å². The van der Waals surface area contributed by atoms with E-state index in [2.05, 4.69) is 26.0 Å². The summed E-state index contributed by atoms with van der Waals surface area (Å²) in [4.78, 5) is 42.5. The highest BCUT2D eigenvalue weighted by atomic mass is 19.4. The van der Waals surface area contributed by atoms with Crippen molar-refractivity contribution in [3.05, 3.63) is 41.9 Å². The maximum absolute atomic E-state index is 13.4. The quantitative estimate of drug-likeness (QED) is 0.433. The van der Waals surface area contributed by atoms with E-state index < -0.39 is 42.9 Å². The van der Waals surface area contributed by atoms with Gasteiger partial charge in [-0.1, -0.05) is 0 Å². The number of alkyl halides is 3. The second kappa shape index (κ2) is 10.7. The molecule has 9 nitrogen and oxygen atoms in total. The Hall–Kier alpha value is -3.44. The summed E-state index contributed by atoms with van der Waals surface area (Å²) >= 11 is 0. The molecule has 0 saturated heterocycles. The first-order chi connectivity index (χ1) is 17.1. The van der Waals surface area contributed by atoms with E-state index >= 15 is 0 Å². The Morgan fingerprint density at radius 3 is 2.39 bits per heavy atom. The molecule has 2 aromatic rings. The first-order valence-electron chi connectivity index (χ1n) is 12.0. The van der Waals surface area contributed by atoms with Crippen LogP contribution in [0.2, 0.25) is 0 Å². The van der Waals surface area contributed by atoms with Crippen LogP contribution in [0.25, 0.3) is 0 Å². The molecule has 12 heteroatoms. The zero-order valence-corrected chi connectivity index (χ0v) is 19.8. The zero-order chi connectivity index (χ0) is 25.9. The number of hydrogen-bond acceptors (Lipinski definition) is 5.